The second kappa shape index (κ2) is 9.37. The van der Waals surface area contributed by atoms with Crippen molar-refractivity contribution in [2.45, 2.75) is 26.3 Å². The van der Waals surface area contributed by atoms with Gasteiger partial charge in [0.2, 0.25) is 0 Å². The molecule has 2 heterocycles. The third-order valence-electron chi connectivity index (χ3n) is 4.94. The highest BCUT2D eigenvalue weighted by atomic mass is 32.1. The lowest BCUT2D eigenvalue weighted by atomic mass is 10.1. The lowest BCUT2D eigenvalue weighted by Gasteiger charge is -2.08. The first-order valence-electron chi connectivity index (χ1n) is 10.00. The Kier molecular flexibility index (Phi) is 6.20. The van der Waals surface area contributed by atoms with Crippen LogP contribution in [-0.2, 0) is 19.4 Å². The number of hydrogen-bond acceptors (Lipinski definition) is 5. The maximum atomic E-state index is 12.9. The molecule has 0 bridgehead atoms. The second-order valence-corrected chi connectivity index (χ2v) is 8.19. The molecule has 0 aliphatic rings. The van der Waals surface area contributed by atoms with Crippen LogP contribution in [0.3, 0.4) is 0 Å². The van der Waals surface area contributed by atoms with Gasteiger partial charge in [0.1, 0.15) is 0 Å². The van der Waals surface area contributed by atoms with Gasteiger partial charge in [-0.3, -0.25) is 14.8 Å². The summed E-state index contributed by atoms with van der Waals surface area (Å²) in [5.74, 6) is -0.199. The molecule has 2 aromatic heterocycles. The Hall–Kier alpha value is -3.76. The van der Waals surface area contributed by atoms with E-state index >= 15 is 0 Å². The normalized spacial score (nSPS) is 10.6. The molecule has 1 amide bonds. The van der Waals surface area contributed by atoms with Crippen LogP contribution < -0.4 is 5.32 Å². The summed E-state index contributed by atoms with van der Waals surface area (Å²) in [6.07, 6.45) is 4.81. The molecule has 154 valence electrons. The van der Waals surface area contributed by atoms with Crippen molar-refractivity contribution in [2.24, 2.45) is 0 Å². The fourth-order valence-corrected chi connectivity index (χ4v) is 4.22. The number of anilines is 1. The fraction of sp³-hybridized carbons (Fsp3) is 0.167. The zero-order chi connectivity index (χ0) is 21.6. The summed E-state index contributed by atoms with van der Waals surface area (Å²) < 4.78 is 1.88. The number of nitriles is 1. The first kappa shape index (κ1) is 20.5. The molecule has 1 N–H and O–H groups in total. The standard InChI is InChI=1S/C24H21N5OS/c1-2-22-21(15-27-29(22)16-19-6-4-3-5-7-19)23(30)28-24-26-14-20(31-24)12-17-8-10-18(13-25)11-9-17/h3-11,14-15H,2,12,16H2,1H3,(H,26,28,30). The summed E-state index contributed by atoms with van der Waals surface area (Å²) >= 11 is 1.45. The molecule has 4 aromatic rings. The SMILES string of the molecule is CCc1c(C(=O)Nc2ncc(Cc3ccc(C#N)cc3)s2)cnn1Cc1ccccc1. The van der Waals surface area contributed by atoms with E-state index in [2.05, 4.69) is 21.5 Å². The first-order chi connectivity index (χ1) is 15.2. The fourth-order valence-electron chi connectivity index (χ4n) is 3.38. The number of nitrogens with one attached hydrogen (secondary N) is 1. The number of hydrogen-bond donors (Lipinski definition) is 1. The number of nitrogens with zero attached hydrogens (tertiary/aromatic N) is 4. The predicted molar refractivity (Wildman–Crippen MR) is 121 cm³/mol. The van der Waals surface area contributed by atoms with Crippen molar-refractivity contribution >= 4 is 22.4 Å². The van der Waals surface area contributed by atoms with Gasteiger partial charge in [-0.1, -0.05) is 49.4 Å². The highest BCUT2D eigenvalue weighted by Gasteiger charge is 2.18. The first-order valence-corrected chi connectivity index (χ1v) is 10.8. The smallest absolute Gasteiger partial charge is 0.260 e. The Balaban J connectivity index is 1.44. The van der Waals surface area contributed by atoms with Crippen LogP contribution in [0.5, 0.6) is 0 Å². The molecule has 6 nitrogen and oxygen atoms in total. The molecule has 0 unspecified atom stereocenters. The van der Waals surface area contributed by atoms with Crippen molar-refractivity contribution in [3.05, 3.63) is 99.8 Å². The van der Waals surface area contributed by atoms with Crippen LogP contribution in [0.1, 0.15) is 44.5 Å². The molecule has 0 saturated heterocycles. The number of carbonyl (C=O) groups is 1. The van der Waals surface area contributed by atoms with Gasteiger partial charge in [-0.25, -0.2) is 4.98 Å². The van der Waals surface area contributed by atoms with E-state index < -0.39 is 0 Å². The molecular formula is C24H21N5OS. The van der Waals surface area contributed by atoms with Gasteiger partial charge in [-0.2, -0.15) is 10.4 Å². The lowest BCUT2D eigenvalue weighted by molar-refractivity contribution is 0.102. The second-order valence-electron chi connectivity index (χ2n) is 7.07. The van der Waals surface area contributed by atoms with Crippen LogP contribution in [0, 0.1) is 11.3 Å². The number of carbonyl (C=O) groups excluding carboxylic acids is 1. The van der Waals surface area contributed by atoms with Gasteiger partial charge in [0.05, 0.1) is 35.6 Å². The van der Waals surface area contributed by atoms with Gasteiger partial charge in [-0.15, -0.1) is 11.3 Å². The summed E-state index contributed by atoms with van der Waals surface area (Å²) in [6.45, 7) is 2.65. The van der Waals surface area contributed by atoms with E-state index in [1.807, 2.05) is 54.1 Å². The van der Waals surface area contributed by atoms with Crippen LogP contribution in [0.4, 0.5) is 5.13 Å². The van der Waals surface area contributed by atoms with Gasteiger partial charge in [-0.05, 0) is 29.7 Å². The van der Waals surface area contributed by atoms with E-state index in [0.717, 1.165) is 21.7 Å². The highest BCUT2D eigenvalue weighted by molar-refractivity contribution is 7.15. The molecule has 0 fully saturated rings. The zero-order valence-corrected chi connectivity index (χ0v) is 17.9. The molecule has 0 spiro atoms. The molecule has 4 rings (SSSR count). The van der Waals surface area contributed by atoms with E-state index in [-0.39, 0.29) is 5.91 Å². The number of aromatic nitrogens is 3. The number of thiazole rings is 1. The molecule has 0 saturated carbocycles. The summed E-state index contributed by atoms with van der Waals surface area (Å²) in [7, 11) is 0. The molecule has 0 radical (unpaired) electrons. The minimum absolute atomic E-state index is 0.199. The topological polar surface area (TPSA) is 83.6 Å². The Morgan fingerprint density at radius 1 is 1.10 bits per heavy atom. The van der Waals surface area contributed by atoms with Crippen LogP contribution in [0.25, 0.3) is 0 Å². The molecule has 0 aliphatic carbocycles. The van der Waals surface area contributed by atoms with Crippen LogP contribution in [-0.4, -0.2) is 20.7 Å². The molecular weight excluding hydrogens is 406 g/mol. The Morgan fingerprint density at radius 3 is 2.58 bits per heavy atom. The maximum absolute atomic E-state index is 12.9. The van der Waals surface area contributed by atoms with E-state index in [1.165, 1.54) is 11.3 Å². The van der Waals surface area contributed by atoms with Crippen molar-refractivity contribution in [3.63, 3.8) is 0 Å². The average molecular weight is 428 g/mol. The Bertz CT molecular complexity index is 1220. The molecule has 2 aromatic carbocycles. The van der Waals surface area contributed by atoms with Gasteiger partial charge in [0.15, 0.2) is 5.13 Å². The molecule has 0 atom stereocenters. The van der Waals surface area contributed by atoms with E-state index in [1.54, 1.807) is 24.5 Å². The Labute approximate surface area is 184 Å². The predicted octanol–water partition coefficient (Wildman–Crippen LogP) is 4.67. The van der Waals surface area contributed by atoms with E-state index in [9.17, 15) is 4.79 Å². The quantitative estimate of drug-likeness (QED) is 0.465. The van der Waals surface area contributed by atoms with Crippen molar-refractivity contribution in [1.29, 1.82) is 5.26 Å². The van der Waals surface area contributed by atoms with Gasteiger partial charge >= 0.3 is 0 Å². The third kappa shape index (κ3) is 4.87. The van der Waals surface area contributed by atoms with Crippen molar-refractivity contribution in [2.75, 3.05) is 5.32 Å². The minimum atomic E-state index is -0.199. The highest BCUT2D eigenvalue weighted by Crippen LogP contribution is 2.23. The maximum Gasteiger partial charge on any atom is 0.260 e. The van der Waals surface area contributed by atoms with E-state index in [0.29, 0.717) is 35.6 Å². The largest absolute Gasteiger partial charge is 0.298 e. The number of benzene rings is 2. The summed E-state index contributed by atoms with van der Waals surface area (Å²) in [6, 6.07) is 19.7. The van der Waals surface area contributed by atoms with E-state index in [4.69, 9.17) is 5.26 Å². The summed E-state index contributed by atoms with van der Waals surface area (Å²) in [5, 5.41) is 16.8. The van der Waals surface area contributed by atoms with Gasteiger partial charge in [0, 0.05) is 17.5 Å². The average Bonchev–Trinajstić information content (AvgIpc) is 3.41. The van der Waals surface area contributed by atoms with Crippen molar-refractivity contribution in [3.8, 4) is 6.07 Å². The minimum Gasteiger partial charge on any atom is -0.298 e. The number of amides is 1. The lowest BCUT2D eigenvalue weighted by Crippen LogP contribution is -2.14. The van der Waals surface area contributed by atoms with Crippen molar-refractivity contribution < 1.29 is 4.79 Å². The number of rotatable bonds is 7. The molecule has 0 aliphatic heterocycles. The summed E-state index contributed by atoms with van der Waals surface area (Å²) in [4.78, 5) is 18.3. The van der Waals surface area contributed by atoms with Crippen molar-refractivity contribution in [1.82, 2.24) is 14.8 Å². The van der Waals surface area contributed by atoms with Gasteiger partial charge < -0.3 is 0 Å². The van der Waals surface area contributed by atoms with Crippen LogP contribution >= 0.6 is 11.3 Å². The third-order valence-corrected chi connectivity index (χ3v) is 5.85. The monoisotopic (exact) mass is 427 g/mol. The van der Waals surface area contributed by atoms with Gasteiger partial charge in [0.25, 0.3) is 5.91 Å². The molecule has 7 heteroatoms. The summed E-state index contributed by atoms with van der Waals surface area (Å²) in [5.41, 5.74) is 4.34. The zero-order valence-electron chi connectivity index (χ0n) is 17.1. The molecule has 31 heavy (non-hydrogen) atoms. The van der Waals surface area contributed by atoms with Crippen LogP contribution in [0.15, 0.2) is 67.0 Å². The Morgan fingerprint density at radius 2 is 1.87 bits per heavy atom. The van der Waals surface area contributed by atoms with Crippen LogP contribution in [0.2, 0.25) is 0 Å².